The van der Waals surface area contributed by atoms with E-state index in [9.17, 15) is 9.59 Å². The van der Waals surface area contributed by atoms with Gasteiger partial charge in [-0.3, -0.25) is 9.59 Å². The molecule has 3 rings (SSSR count). The van der Waals surface area contributed by atoms with Crippen LogP contribution in [0.25, 0.3) is 0 Å². The van der Waals surface area contributed by atoms with E-state index in [2.05, 4.69) is 5.32 Å². The predicted molar refractivity (Wildman–Crippen MR) is 87.1 cm³/mol. The van der Waals surface area contributed by atoms with Crippen LogP contribution in [0, 0.1) is 17.2 Å². The Balaban J connectivity index is 1.55. The minimum absolute atomic E-state index is 0.0654. The van der Waals surface area contributed by atoms with Crippen LogP contribution in [0.1, 0.15) is 28.8 Å². The summed E-state index contributed by atoms with van der Waals surface area (Å²) in [4.78, 5) is 26.3. The fourth-order valence-corrected chi connectivity index (χ4v) is 2.82. The topological polar surface area (TPSA) is 86.3 Å². The molecule has 1 aromatic heterocycles. The fourth-order valence-electron chi connectivity index (χ4n) is 2.82. The summed E-state index contributed by atoms with van der Waals surface area (Å²) in [5.74, 6) is -0.269. The molecule has 2 aromatic rings. The Bertz CT molecular complexity index is 769. The smallest absolute Gasteiger partial charge is 0.257 e. The van der Waals surface area contributed by atoms with Gasteiger partial charge in [0, 0.05) is 24.7 Å². The SMILES string of the molecule is N#Cc1cccc(NC(=O)C2CCN(C(=O)c3ccoc3)CC2)c1. The number of nitriles is 1. The summed E-state index contributed by atoms with van der Waals surface area (Å²) in [6.07, 6.45) is 4.15. The zero-order valence-corrected chi connectivity index (χ0v) is 13.1. The molecule has 24 heavy (non-hydrogen) atoms. The fraction of sp³-hybridized carbons (Fsp3) is 0.278. The van der Waals surface area contributed by atoms with E-state index < -0.39 is 0 Å². The molecule has 0 saturated carbocycles. The van der Waals surface area contributed by atoms with Crippen molar-refractivity contribution in [3.05, 3.63) is 54.0 Å². The van der Waals surface area contributed by atoms with Crippen molar-refractivity contribution >= 4 is 17.5 Å². The number of anilines is 1. The molecule has 0 bridgehead atoms. The highest BCUT2D eigenvalue weighted by atomic mass is 16.3. The van der Waals surface area contributed by atoms with Crippen LogP contribution in [0.15, 0.2) is 47.3 Å². The molecule has 0 aliphatic carbocycles. The van der Waals surface area contributed by atoms with Crippen molar-refractivity contribution in [3.63, 3.8) is 0 Å². The third-order valence-electron chi connectivity index (χ3n) is 4.18. The largest absolute Gasteiger partial charge is 0.472 e. The molecule has 1 aliphatic heterocycles. The van der Waals surface area contributed by atoms with Crippen molar-refractivity contribution < 1.29 is 14.0 Å². The number of likely N-dealkylation sites (tertiary alicyclic amines) is 1. The maximum absolute atomic E-state index is 12.4. The second-order valence-corrected chi connectivity index (χ2v) is 5.76. The van der Waals surface area contributed by atoms with E-state index in [0.29, 0.717) is 42.7 Å². The summed E-state index contributed by atoms with van der Waals surface area (Å²) < 4.78 is 4.94. The zero-order valence-electron chi connectivity index (χ0n) is 13.1. The number of hydrogen-bond donors (Lipinski definition) is 1. The van der Waals surface area contributed by atoms with Gasteiger partial charge in [-0.05, 0) is 37.1 Å². The van der Waals surface area contributed by atoms with E-state index in [1.54, 1.807) is 35.2 Å². The van der Waals surface area contributed by atoms with Crippen molar-refractivity contribution in [2.24, 2.45) is 5.92 Å². The Morgan fingerprint density at radius 1 is 1.25 bits per heavy atom. The van der Waals surface area contributed by atoms with E-state index in [0.717, 1.165) is 0 Å². The van der Waals surface area contributed by atoms with Gasteiger partial charge in [-0.25, -0.2) is 0 Å². The summed E-state index contributed by atoms with van der Waals surface area (Å²) in [5.41, 5.74) is 1.66. The monoisotopic (exact) mass is 323 g/mol. The molecule has 0 atom stereocenters. The first-order valence-electron chi connectivity index (χ1n) is 7.80. The average Bonchev–Trinajstić information content (AvgIpc) is 3.16. The lowest BCUT2D eigenvalue weighted by Gasteiger charge is -2.31. The number of amides is 2. The van der Waals surface area contributed by atoms with Crippen molar-refractivity contribution in [2.75, 3.05) is 18.4 Å². The number of nitrogens with zero attached hydrogens (tertiary/aromatic N) is 2. The van der Waals surface area contributed by atoms with E-state index in [4.69, 9.17) is 9.68 Å². The van der Waals surface area contributed by atoms with E-state index in [1.165, 1.54) is 12.5 Å². The quantitative estimate of drug-likeness (QED) is 0.940. The number of benzene rings is 1. The first kappa shape index (κ1) is 15.8. The maximum atomic E-state index is 12.4. The van der Waals surface area contributed by atoms with E-state index in [1.807, 2.05) is 6.07 Å². The van der Waals surface area contributed by atoms with Crippen LogP contribution in [0.4, 0.5) is 5.69 Å². The van der Waals surface area contributed by atoms with Gasteiger partial charge < -0.3 is 14.6 Å². The Morgan fingerprint density at radius 3 is 2.71 bits per heavy atom. The molecule has 1 saturated heterocycles. The first-order valence-corrected chi connectivity index (χ1v) is 7.80. The van der Waals surface area contributed by atoms with Crippen LogP contribution in [0.2, 0.25) is 0 Å². The molecule has 0 radical (unpaired) electrons. The van der Waals surface area contributed by atoms with Gasteiger partial charge >= 0.3 is 0 Å². The van der Waals surface area contributed by atoms with Gasteiger partial charge in [0.05, 0.1) is 23.5 Å². The molecular formula is C18H17N3O3. The molecule has 0 spiro atoms. The molecule has 1 aromatic carbocycles. The van der Waals surface area contributed by atoms with Gasteiger partial charge in [0.15, 0.2) is 0 Å². The third kappa shape index (κ3) is 3.46. The lowest BCUT2D eigenvalue weighted by atomic mass is 9.95. The molecule has 1 aliphatic rings. The number of furan rings is 1. The summed E-state index contributed by atoms with van der Waals surface area (Å²) in [6, 6.07) is 10.5. The van der Waals surface area contributed by atoms with Crippen LogP contribution in [-0.2, 0) is 4.79 Å². The lowest BCUT2D eigenvalue weighted by Crippen LogP contribution is -2.41. The second kappa shape index (κ2) is 7.01. The van der Waals surface area contributed by atoms with Gasteiger partial charge in [0.2, 0.25) is 5.91 Å². The molecule has 0 unspecified atom stereocenters. The van der Waals surface area contributed by atoms with Crippen LogP contribution >= 0.6 is 0 Å². The summed E-state index contributed by atoms with van der Waals surface area (Å²) in [7, 11) is 0. The van der Waals surface area contributed by atoms with Gasteiger partial charge in [0.1, 0.15) is 6.26 Å². The predicted octanol–water partition coefficient (Wildman–Crippen LogP) is 2.64. The molecule has 122 valence electrons. The Hall–Kier alpha value is -3.07. The minimum atomic E-state index is -0.135. The van der Waals surface area contributed by atoms with Crippen LogP contribution < -0.4 is 5.32 Å². The van der Waals surface area contributed by atoms with E-state index in [-0.39, 0.29) is 17.7 Å². The van der Waals surface area contributed by atoms with Gasteiger partial charge in [-0.15, -0.1) is 0 Å². The Kier molecular flexibility index (Phi) is 4.62. The molecule has 2 heterocycles. The van der Waals surface area contributed by atoms with Crippen LogP contribution in [-0.4, -0.2) is 29.8 Å². The number of carbonyl (C=O) groups is 2. The summed E-state index contributed by atoms with van der Waals surface area (Å²) in [5, 5.41) is 11.7. The number of hydrogen-bond acceptors (Lipinski definition) is 4. The molecule has 6 nitrogen and oxygen atoms in total. The standard InChI is InChI=1S/C18H17N3O3/c19-11-13-2-1-3-16(10-13)20-17(22)14-4-7-21(8-5-14)18(23)15-6-9-24-12-15/h1-3,6,9-10,12,14H,4-5,7-8H2,(H,20,22). The average molecular weight is 323 g/mol. The third-order valence-corrected chi connectivity index (χ3v) is 4.18. The van der Waals surface area contributed by atoms with Crippen molar-refractivity contribution in [1.29, 1.82) is 5.26 Å². The summed E-state index contributed by atoms with van der Waals surface area (Å²) in [6.45, 7) is 1.08. The highest BCUT2D eigenvalue weighted by Crippen LogP contribution is 2.21. The lowest BCUT2D eigenvalue weighted by molar-refractivity contribution is -0.121. The van der Waals surface area contributed by atoms with Crippen molar-refractivity contribution in [3.8, 4) is 6.07 Å². The highest BCUT2D eigenvalue weighted by molar-refractivity contribution is 5.95. The van der Waals surface area contributed by atoms with Crippen molar-refractivity contribution in [2.45, 2.75) is 12.8 Å². The highest BCUT2D eigenvalue weighted by Gasteiger charge is 2.28. The van der Waals surface area contributed by atoms with Crippen molar-refractivity contribution in [1.82, 2.24) is 4.90 Å². The van der Waals surface area contributed by atoms with Gasteiger partial charge in [0.25, 0.3) is 5.91 Å². The maximum Gasteiger partial charge on any atom is 0.257 e. The Morgan fingerprint density at radius 2 is 2.04 bits per heavy atom. The molecule has 1 N–H and O–H groups in total. The first-order chi connectivity index (χ1) is 11.7. The van der Waals surface area contributed by atoms with Crippen LogP contribution in [0.3, 0.4) is 0 Å². The number of rotatable bonds is 3. The minimum Gasteiger partial charge on any atom is -0.472 e. The normalized spacial score (nSPS) is 14.9. The molecule has 2 amide bonds. The Labute approximate surface area is 139 Å². The zero-order chi connectivity index (χ0) is 16.9. The number of carbonyl (C=O) groups excluding carboxylic acids is 2. The molecule has 1 fully saturated rings. The number of nitrogens with one attached hydrogen (secondary N) is 1. The van der Waals surface area contributed by atoms with E-state index >= 15 is 0 Å². The molecular weight excluding hydrogens is 306 g/mol. The second-order valence-electron chi connectivity index (χ2n) is 5.76. The summed E-state index contributed by atoms with van der Waals surface area (Å²) >= 11 is 0. The van der Waals surface area contributed by atoms with Crippen LogP contribution in [0.5, 0.6) is 0 Å². The number of piperidine rings is 1. The van der Waals surface area contributed by atoms with Gasteiger partial charge in [-0.2, -0.15) is 5.26 Å². The molecule has 6 heteroatoms. The van der Waals surface area contributed by atoms with Gasteiger partial charge in [-0.1, -0.05) is 6.07 Å².